The normalized spacial score (nSPS) is 10.9. The first-order chi connectivity index (χ1) is 15.9. The maximum atomic E-state index is 13.0. The zero-order chi connectivity index (χ0) is 23.4. The van der Waals surface area contributed by atoms with Crippen molar-refractivity contribution in [3.8, 4) is 16.9 Å². The van der Waals surface area contributed by atoms with Crippen LogP contribution in [0.1, 0.15) is 30.0 Å². The van der Waals surface area contributed by atoms with Crippen LogP contribution in [0.5, 0.6) is 0 Å². The number of amides is 2. The van der Waals surface area contributed by atoms with Crippen LogP contribution in [0.15, 0.2) is 83.5 Å². The molecule has 168 valence electrons. The number of furan rings is 1. The van der Waals surface area contributed by atoms with Crippen molar-refractivity contribution in [2.75, 3.05) is 11.9 Å². The lowest BCUT2D eigenvalue weighted by Gasteiger charge is -2.25. The highest BCUT2D eigenvalue weighted by Gasteiger charge is 2.24. The fourth-order valence-electron chi connectivity index (χ4n) is 3.47. The highest BCUT2D eigenvalue weighted by atomic mass is 16.3. The van der Waals surface area contributed by atoms with Crippen LogP contribution in [0.4, 0.5) is 5.82 Å². The molecule has 0 saturated carbocycles. The van der Waals surface area contributed by atoms with E-state index in [0.29, 0.717) is 5.82 Å². The van der Waals surface area contributed by atoms with E-state index in [-0.39, 0.29) is 30.2 Å². The van der Waals surface area contributed by atoms with Crippen LogP contribution in [0.25, 0.3) is 16.9 Å². The Morgan fingerprint density at radius 3 is 2.39 bits per heavy atom. The second-order valence-corrected chi connectivity index (χ2v) is 8.08. The van der Waals surface area contributed by atoms with Gasteiger partial charge < -0.3 is 14.6 Å². The van der Waals surface area contributed by atoms with Crippen molar-refractivity contribution < 1.29 is 14.0 Å². The van der Waals surface area contributed by atoms with Gasteiger partial charge in [0.2, 0.25) is 5.91 Å². The molecule has 7 nitrogen and oxygen atoms in total. The molecule has 2 heterocycles. The van der Waals surface area contributed by atoms with Crippen LogP contribution in [0.3, 0.4) is 0 Å². The van der Waals surface area contributed by atoms with Crippen molar-refractivity contribution in [2.24, 2.45) is 0 Å². The Morgan fingerprint density at radius 2 is 1.76 bits per heavy atom. The minimum Gasteiger partial charge on any atom is -0.459 e. The number of nitrogens with zero attached hydrogens (tertiary/aromatic N) is 3. The molecule has 4 rings (SSSR count). The van der Waals surface area contributed by atoms with Gasteiger partial charge in [0.25, 0.3) is 5.91 Å². The Hall–Kier alpha value is -4.13. The average molecular weight is 443 g/mol. The molecule has 0 atom stereocenters. The molecule has 0 aliphatic heterocycles. The lowest BCUT2D eigenvalue weighted by Crippen LogP contribution is -2.42. The van der Waals surface area contributed by atoms with Gasteiger partial charge >= 0.3 is 0 Å². The van der Waals surface area contributed by atoms with Crippen molar-refractivity contribution in [3.05, 3.63) is 90.4 Å². The van der Waals surface area contributed by atoms with Crippen LogP contribution in [0.2, 0.25) is 0 Å². The molecule has 0 unspecified atom stereocenters. The topological polar surface area (TPSA) is 80.4 Å². The molecule has 4 aromatic rings. The number of hydrogen-bond acceptors (Lipinski definition) is 4. The van der Waals surface area contributed by atoms with Gasteiger partial charge in [-0.05, 0) is 45.0 Å². The first-order valence-electron chi connectivity index (χ1n) is 10.8. The van der Waals surface area contributed by atoms with E-state index in [2.05, 4.69) is 5.32 Å². The smallest absolute Gasteiger partial charge is 0.290 e. The standard InChI is InChI=1S/C26H26N4O3/c1-18(2)29(26(32)23-10-7-15-33-23)17-25(31)27-24-16-22(20-8-5-4-6-9-20)28-30(24)21-13-11-19(3)12-14-21/h4-16,18H,17H2,1-3H3,(H,27,31). The van der Waals surface area contributed by atoms with E-state index >= 15 is 0 Å². The van der Waals surface area contributed by atoms with Crippen molar-refractivity contribution in [1.82, 2.24) is 14.7 Å². The highest BCUT2D eigenvalue weighted by Crippen LogP contribution is 2.25. The summed E-state index contributed by atoms with van der Waals surface area (Å²) in [6.07, 6.45) is 1.44. The molecule has 0 radical (unpaired) electrons. The lowest BCUT2D eigenvalue weighted by atomic mass is 10.1. The molecule has 33 heavy (non-hydrogen) atoms. The molecule has 0 spiro atoms. The predicted octanol–water partition coefficient (Wildman–Crippen LogP) is 4.93. The number of nitrogens with one attached hydrogen (secondary N) is 1. The number of aryl methyl sites for hydroxylation is 1. The largest absolute Gasteiger partial charge is 0.459 e. The van der Waals surface area contributed by atoms with E-state index in [0.717, 1.165) is 22.5 Å². The summed E-state index contributed by atoms with van der Waals surface area (Å²) in [4.78, 5) is 27.3. The van der Waals surface area contributed by atoms with Crippen molar-refractivity contribution in [1.29, 1.82) is 0 Å². The van der Waals surface area contributed by atoms with E-state index in [1.54, 1.807) is 16.8 Å². The van der Waals surface area contributed by atoms with Crippen molar-refractivity contribution >= 4 is 17.6 Å². The minimum absolute atomic E-state index is 0.114. The van der Waals surface area contributed by atoms with Crippen molar-refractivity contribution in [3.63, 3.8) is 0 Å². The third-order valence-corrected chi connectivity index (χ3v) is 5.26. The van der Waals surface area contributed by atoms with E-state index in [9.17, 15) is 9.59 Å². The van der Waals surface area contributed by atoms with Gasteiger partial charge in [-0.3, -0.25) is 9.59 Å². The summed E-state index contributed by atoms with van der Waals surface area (Å²) < 4.78 is 6.93. The molecule has 0 bridgehead atoms. The zero-order valence-electron chi connectivity index (χ0n) is 18.9. The SMILES string of the molecule is Cc1ccc(-n2nc(-c3ccccc3)cc2NC(=O)CN(C(=O)c2ccco2)C(C)C)cc1. The number of rotatable bonds is 7. The molecule has 2 amide bonds. The van der Waals surface area contributed by atoms with Gasteiger partial charge in [-0.25, -0.2) is 4.68 Å². The van der Waals surface area contributed by atoms with Gasteiger partial charge in [-0.1, -0.05) is 48.0 Å². The Kier molecular flexibility index (Phi) is 6.40. The summed E-state index contributed by atoms with van der Waals surface area (Å²) in [6, 6.07) is 22.5. The third kappa shape index (κ3) is 5.03. The van der Waals surface area contributed by atoms with Gasteiger partial charge in [-0.2, -0.15) is 5.10 Å². The predicted molar refractivity (Wildman–Crippen MR) is 127 cm³/mol. The summed E-state index contributed by atoms with van der Waals surface area (Å²) in [5.74, 6) is 0.0723. The second kappa shape index (κ2) is 9.56. The first kappa shape index (κ1) is 22.1. The molecule has 0 aliphatic rings. The fourth-order valence-corrected chi connectivity index (χ4v) is 3.47. The number of hydrogen-bond donors (Lipinski definition) is 1. The summed E-state index contributed by atoms with van der Waals surface area (Å²) in [6.45, 7) is 5.62. The monoisotopic (exact) mass is 442 g/mol. The fraction of sp³-hybridized carbons (Fsp3) is 0.192. The maximum absolute atomic E-state index is 13.0. The van der Waals surface area contributed by atoms with E-state index in [1.165, 1.54) is 11.2 Å². The summed E-state index contributed by atoms with van der Waals surface area (Å²) in [7, 11) is 0. The summed E-state index contributed by atoms with van der Waals surface area (Å²) >= 11 is 0. The summed E-state index contributed by atoms with van der Waals surface area (Å²) in [5.41, 5.74) is 3.63. The number of aromatic nitrogens is 2. The van der Waals surface area contributed by atoms with Gasteiger partial charge in [0, 0.05) is 17.7 Å². The van der Waals surface area contributed by atoms with Crippen LogP contribution >= 0.6 is 0 Å². The Balaban J connectivity index is 1.61. The number of carbonyl (C=O) groups excluding carboxylic acids is 2. The Bertz CT molecular complexity index is 1230. The molecule has 1 N–H and O–H groups in total. The number of anilines is 1. The minimum atomic E-state index is -0.331. The van der Waals surface area contributed by atoms with E-state index in [1.807, 2.05) is 81.4 Å². The lowest BCUT2D eigenvalue weighted by molar-refractivity contribution is -0.117. The first-order valence-corrected chi connectivity index (χ1v) is 10.8. The number of benzene rings is 2. The Morgan fingerprint density at radius 1 is 1.03 bits per heavy atom. The van der Waals surface area contributed by atoms with Gasteiger partial charge in [0.1, 0.15) is 12.4 Å². The van der Waals surface area contributed by atoms with Crippen LogP contribution in [0, 0.1) is 6.92 Å². The molecular weight excluding hydrogens is 416 g/mol. The third-order valence-electron chi connectivity index (χ3n) is 5.26. The number of carbonyl (C=O) groups is 2. The quantitative estimate of drug-likeness (QED) is 0.440. The van der Waals surface area contributed by atoms with Crippen LogP contribution in [-0.4, -0.2) is 39.1 Å². The summed E-state index contributed by atoms with van der Waals surface area (Å²) in [5, 5.41) is 7.67. The maximum Gasteiger partial charge on any atom is 0.290 e. The Labute approximate surface area is 192 Å². The van der Waals surface area contributed by atoms with E-state index < -0.39 is 0 Å². The molecule has 2 aromatic carbocycles. The van der Waals surface area contributed by atoms with Crippen LogP contribution < -0.4 is 5.32 Å². The molecule has 0 saturated heterocycles. The molecule has 0 fully saturated rings. The second-order valence-electron chi connectivity index (χ2n) is 8.08. The average Bonchev–Trinajstić information content (AvgIpc) is 3.49. The van der Waals surface area contributed by atoms with E-state index in [4.69, 9.17) is 9.52 Å². The van der Waals surface area contributed by atoms with Gasteiger partial charge in [-0.15, -0.1) is 0 Å². The van der Waals surface area contributed by atoms with Gasteiger partial charge in [0.15, 0.2) is 5.76 Å². The van der Waals surface area contributed by atoms with Crippen molar-refractivity contribution in [2.45, 2.75) is 26.8 Å². The zero-order valence-corrected chi connectivity index (χ0v) is 18.9. The molecular formula is C26H26N4O3. The van der Waals surface area contributed by atoms with Gasteiger partial charge in [0.05, 0.1) is 17.6 Å². The molecule has 2 aromatic heterocycles. The molecule has 0 aliphatic carbocycles. The highest BCUT2D eigenvalue weighted by molar-refractivity contribution is 5.98. The van der Waals surface area contributed by atoms with Crippen LogP contribution in [-0.2, 0) is 4.79 Å². The molecule has 7 heteroatoms.